The van der Waals surface area contributed by atoms with Gasteiger partial charge in [-0.1, -0.05) is 19.9 Å². The Labute approximate surface area is 150 Å². The minimum atomic E-state index is -4.26. The summed E-state index contributed by atoms with van der Waals surface area (Å²) in [5, 5.41) is -0.133. The second-order valence-electron chi connectivity index (χ2n) is 5.84. The summed E-state index contributed by atoms with van der Waals surface area (Å²) in [4.78, 5) is 15.0. The fraction of sp³-hybridized carbons (Fsp3) is 0.375. The van der Waals surface area contributed by atoms with Gasteiger partial charge in [-0.2, -0.15) is 8.42 Å². The number of primary amides is 1. The maximum atomic E-state index is 13.3. The Morgan fingerprint density at radius 1 is 1.38 bits per heavy atom. The Morgan fingerprint density at radius 3 is 2.65 bits per heavy atom. The standard InChI is InChI=1S/C16H20FN3O5S/c1-10(2)14-15(20(3)13(19-14)7-8-24-16(18)21)26(22,23)25-12-6-4-5-11(17)9-12/h4-6,9-10H,7-8H2,1-3H3,(H2,18,21). The summed E-state index contributed by atoms with van der Waals surface area (Å²) < 4.78 is 49.9. The Kier molecular flexibility index (Phi) is 5.86. The highest BCUT2D eigenvalue weighted by Crippen LogP contribution is 2.27. The molecule has 2 rings (SSSR count). The van der Waals surface area contributed by atoms with Gasteiger partial charge >= 0.3 is 16.2 Å². The number of amides is 1. The number of nitrogens with two attached hydrogens (primary N) is 1. The van der Waals surface area contributed by atoms with Gasteiger partial charge in [-0.15, -0.1) is 0 Å². The van der Waals surface area contributed by atoms with Crippen LogP contribution < -0.4 is 9.92 Å². The lowest BCUT2D eigenvalue weighted by Crippen LogP contribution is -2.18. The molecule has 0 fully saturated rings. The summed E-state index contributed by atoms with van der Waals surface area (Å²) in [5.41, 5.74) is 5.21. The van der Waals surface area contributed by atoms with E-state index in [0.717, 1.165) is 6.07 Å². The van der Waals surface area contributed by atoms with E-state index in [2.05, 4.69) is 9.72 Å². The van der Waals surface area contributed by atoms with Crippen LogP contribution in [0.15, 0.2) is 29.3 Å². The molecule has 2 N–H and O–H groups in total. The molecular weight excluding hydrogens is 365 g/mol. The van der Waals surface area contributed by atoms with Gasteiger partial charge in [-0.05, 0) is 18.1 Å². The molecule has 1 aromatic heterocycles. The molecule has 0 unspecified atom stereocenters. The molecule has 0 radical (unpaired) electrons. The molecule has 0 saturated carbocycles. The molecule has 142 valence electrons. The van der Waals surface area contributed by atoms with Gasteiger partial charge in [0.25, 0.3) is 0 Å². The van der Waals surface area contributed by atoms with Crippen molar-refractivity contribution >= 4 is 16.2 Å². The third-order valence-corrected chi connectivity index (χ3v) is 4.88. The van der Waals surface area contributed by atoms with Crippen LogP contribution in [0, 0.1) is 5.82 Å². The van der Waals surface area contributed by atoms with E-state index in [9.17, 15) is 17.6 Å². The first kappa shape index (κ1) is 19.7. The highest BCUT2D eigenvalue weighted by Gasteiger charge is 2.30. The van der Waals surface area contributed by atoms with Crippen molar-refractivity contribution in [1.29, 1.82) is 0 Å². The number of rotatable bonds is 7. The molecule has 1 heterocycles. The highest BCUT2D eigenvalue weighted by molar-refractivity contribution is 7.87. The fourth-order valence-electron chi connectivity index (χ4n) is 2.37. The minimum Gasteiger partial charge on any atom is -0.449 e. The van der Waals surface area contributed by atoms with Gasteiger partial charge in [-0.25, -0.2) is 14.2 Å². The van der Waals surface area contributed by atoms with Crippen LogP contribution >= 0.6 is 0 Å². The first-order valence-corrected chi connectivity index (χ1v) is 9.20. The maximum Gasteiger partial charge on any atom is 0.404 e. The van der Waals surface area contributed by atoms with Crippen molar-refractivity contribution in [1.82, 2.24) is 9.55 Å². The maximum absolute atomic E-state index is 13.3. The number of imidazole rings is 1. The van der Waals surface area contributed by atoms with Crippen LogP contribution in [0.5, 0.6) is 5.75 Å². The second-order valence-corrected chi connectivity index (χ2v) is 7.31. The van der Waals surface area contributed by atoms with E-state index in [1.165, 1.54) is 29.8 Å². The number of carbonyl (C=O) groups is 1. The van der Waals surface area contributed by atoms with Crippen molar-refractivity contribution in [3.63, 3.8) is 0 Å². The van der Waals surface area contributed by atoms with Crippen LogP contribution in [0.25, 0.3) is 0 Å². The lowest BCUT2D eigenvalue weighted by molar-refractivity contribution is 0.157. The summed E-state index contributed by atoms with van der Waals surface area (Å²) in [5.74, 6) is -0.583. The summed E-state index contributed by atoms with van der Waals surface area (Å²) in [6.45, 7) is 3.53. The molecule has 26 heavy (non-hydrogen) atoms. The Hall–Kier alpha value is -2.62. The number of nitrogens with zero attached hydrogens (tertiary/aromatic N) is 2. The second kappa shape index (κ2) is 7.73. The smallest absolute Gasteiger partial charge is 0.404 e. The van der Waals surface area contributed by atoms with Gasteiger partial charge in [0.1, 0.15) is 24.0 Å². The molecule has 1 aromatic carbocycles. The zero-order valence-corrected chi connectivity index (χ0v) is 15.4. The predicted molar refractivity (Wildman–Crippen MR) is 90.8 cm³/mol. The monoisotopic (exact) mass is 385 g/mol. The van der Waals surface area contributed by atoms with Crippen LogP contribution in [0.1, 0.15) is 31.3 Å². The topological polar surface area (TPSA) is 114 Å². The zero-order valence-electron chi connectivity index (χ0n) is 14.6. The number of halogens is 1. The molecule has 0 spiro atoms. The minimum absolute atomic E-state index is 0.0397. The SMILES string of the molecule is CC(C)c1nc(CCOC(N)=O)n(C)c1S(=O)(=O)Oc1cccc(F)c1. The van der Waals surface area contributed by atoms with Crippen molar-refractivity contribution in [2.24, 2.45) is 12.8 Å². The number of carbonyl (C=O) groups excluding carboxylic acids is 1. The molecule has 0 aliphatic heterocycles. The van der Waals surface area contributed by atoms with Gasteiger partial charge < -0.3 is 19.2 Å². The normalized spacial score (nSPS) is 11.6. The van der Waals surface area contributed by atoms with E-state index in [0.29, 0.717) is 11.5 Å². The number of hydrogen-bond acceptors (Lipinski definition) is 6. The Bertz CT molecular complexity index is 909. The molecule has 1 amide bonds. The molecule has 0 atom stereocenters. The van der Waals surface area contributed by atoms with Gasteiger partial charge in [0, 0.05) is 19.5 Å². The van der Waals surface area contributed by atoms with E-state index >= 15 is 0 Å². The van der Waals surface area contributed by atoms with Crippen LogP contribution in [0.2, 0.25) is 0 Å². The number of hydrogen-bond donors (Lipinski definition) is 1. The van der Waals surface area contributed by atoms with Crippen molar-refractivity contribution in [3.8, 4) is 5.75 Å². The first-order chi connectivity index (χ1) is 12.1. The molecule has 10 heteroatoms. The molecule has 0 aliphatic rings. The molecule has 0 bridgehead atoms. The lowest BCUT2D eigenvalue weighted by atomic mass is 10.1. The largest absolute Gasteiger partial charge is 0.449 e. The molecule has 8 nitrogen and oxygen atoms in total. The Balaban J connectivity index is 2.39. The predicted octanol–water partition coefficient (Wildman–Crippen LogP) is 2.09. The van der Waals surface area contributed by atoms with E-state index in [1.807, 2.05) is 0 Å². The van der Waals surface area contributed by atoms with Gasteiger partial charge in [0.15, 0.2) is 5.03 Å². The van der Waals surface area contributed by atoms with Crippen LogP contribution in [0.4, 0.5) is 9.18 Å². The van der Waals surface area contributed by atoms with E-state index in [1.54, 1.807) is 13.8 Å². The molecular formula is C16H20FN3O5S. The highest BCUT2D eigenvalue weighted by atomic mass is 32.2. The summed E-state index contributed by atoms with van der Waals surface area (Å²) in [6.07, 6.45) is -0.750. The average Bonchev–Trinajstić information content (AvgIpc) is 2.84. The van der Waals surface area contributed by atoms with Crippen LogP contribution in [-0.2, 0) is 28.3 Å². The summed E-state index contributed by atoms with van der Waals surface area (Å²) in [6, 6.07) is 4.84. The summed E-state index contributed by atoms with van der Waals surface area (Å²) >= 11 is 0. The number of benzene rings is 1. The van der Waals surface area contributed by atoms with Gasteiger partial charge in [0.05, 0.1) is 5.69 Å². The number of aromatic nitrogens is 2. The quantitative estimate of drug-likeness (QED) is 0.730. The molecule has 0 aliphatic carbocycles. The van der Waals surface area contributed by atoms with Gasteiger partial charge in [-0.3, -0.25) is 0 Å². The molecule has 2 aromatic rings. The van der Waals surface area contributed by atoms with Crippen LogP contribution in [-0.4, -0.2) is 30.7 Å². The van der Waals surface area contributed by atoms with E-state index in [-0.39, 0.29) is 29.7 Å². The third-order valence-electron chi connectivity index (χ3n) is 3.52. The van der Waals surface area contributed by atoms with Crippen molar-refractivity contribution < 1.29 is 26.5 Å². The Morgan fingerprint density at radius 2 is 2.08 bits per heavy atom. The first-order valence-electron chi connectivity index (χ1n) is 7.79. The number of ether oxygens (including phenoxy) is 1. The van der Waals surface area contributed by atoms with Gasteiger partial charge in [0.2, 0.25) is 0 Å². The van der Waals surface area contributed by atoms with Crippen molar-refractivity contribution in [2.45, 2.75) is 31.2 Å². The van der Waals surface area contributed by atoms with E-state index < -0.39 is 22.0 Å². The molecule has 0 saturated heterocycles. The average molecular weight is 385 g/mol. The van der Waals surface area contributed by atoms with E-state index in [4.69, 9.17) is 9.92 Å². The van der Waals surface area contributed by atoms with Crippen LogP contribution in [0.3, 0.4) is 0 Å². The summed E-state index contributed by atoms with van der Waals surface area (Å²) in [7, 11) is -2.74. The fourth-order valence-corrected chi connectivity index (χ4v) is 3.79. The lowest BCUT2D eigenvalue weighted by Gasteiger charge is -2.11. The zero-order chi connectivity index (χ0) is 19.5. The third kappa shape index (κ3) is 4.51. The van der Waals surface area contributed by atoms with Crippen molar-refractivity contribution in [3.05, 3.63) is 41.6 Å². The van der Waals surface area contributed by atoms with Crippen molar-refractivity contribution in [2.75, 3.05) is 6.61 Å².